The Morgan fingerprint density at radius 3 is 2.47 bits per heavy atom. The third-order valence-electron chi connectivity index (χ3n) is 6.88. The lowest BCUT2D eigenvalue weighted by Crippen LogP contribution is -2.46. The molecule has 1 atom stereocenters. The molecule has 4 rings (SSSR count). The van der Waals surface area contributed by atoms with E-state index in [1.54, 1.807) is 22.3 Å². The van der Waals surface area contributed by atoms with Gasteiger partial charge in [-0.25, -0.2) is 0 Å². The molecule has 0 fully saturated rings. The molecule has 188 valence electrons. The van der Waals surface area contributed by atoms with Gasteiger partial charge in [0.25, 0.3) is 0 Å². The van der Waals surface area contributed by atoms with Gasteiger partial charge in [0.05, 0.1) is 6.04 Å². The zero-order valence-electron chi connectivity index (χ0n) is 21.6. The summed E-state index contributed by atoms with van der Waals surface area (Å²) in [5.41, 5.74) is 4.77. The lowest BCUT2D eigenvalue weighted by atomic mass is 9.85. The molecule has 3 aromatic rings. The van der Waals surface area contributed by atoms with Crippen LogP contribution in [0.1, 0.15) is 60.4 Å². The van der Waals surface area contributed by atoms with Gasteiger partial charge in [0.1, 0.15) is 6.54 Å². The highest BCUT2D eigenvalue weighted by Gasteiger charge is 2.34. The van der Waals surface area contributed by atoms with E-state index in [0.29, 0.717) is 25.9 Å². The average Bonchev–Trinajstić information content (AvgIpc) is 3.35. The minimum Gasteiger partial charge on any atom is -0.330 e. The van der Waals surface area contributed by atoms with E-state index in [9.17, 15) is 9.59 Å². The molecule has 0 bridgehead atoms. The van der Waals surface area contributed by atoms with E-state index >= 15 is 0 Å². The fraction of sp³-hybridized carbons (Fsp3) is 0.355. The van der Waals surface area contributed by atoms with Crippen molar-refractivity contribution in [3.8, 4) is 0 Å². The number of thiophene rings is 1. The van der Waals surface area contributed by atoms with Crippen molar-refractivity contribution in [2.75, 3.05) is 19.6 Å². The predicted molar refractivity (Wildman–Crippen MR) is 148 cm³/mol. The third-order valence-corrected chi connectivity index (χ3v) is 7.87. The Morgan fingerprint density at radius 1 is 1.08 bits per heavy atom. The van der Waals surface area contributed by atoms with Crippen LogP contribution in [0.25, 0.3) is 0 Å². The molecule has 5 heteroatoms. The molecule has 0 aliphatic carbocycles. The molecular weight excluding hydrogens is 464 g/mol. The summed E-state index contributed by atoms with van der Waals surface area (Å²) in [5, 5.41) is 2.12. The summed E-state index contributed by atoms with van der Waals surface area (Å²) >= 11 is 1.76. The van der Waals surface area contributed by atoms with Gasteiger partial charge < -0.3 is 9.80 Å². The maximum absolute atomic E-state index is 13.7. The van der Waals surface area contributed by atoms with Crippen molar-refractivity contribution in [2.24, 2.45) is 0 Å². The zero-order valence-corrected chi connectivity index (χ0v) is 22.4. The van der Waals surface area contributed by atoms with Crippen LogP contribution >= 0.6 is 11.3 Å². The Labute approximate surface area is 219 Å². The first-order valence-corrected chi connectivity index (χ1v) is 13.5. The van der Waals surface area contributed by atoms with Crippen molar-refractivity contribution in [1.29, 1.82) is 0 Å². The number of carbonyl (C=O) groups excluding carboxylic acids is 2. The van der Waals surface area contributed by atoms with Crippen LogP contribution in [0.4, 0.5) is 0 Å². The highest BCUT2D eigenvalue weighted by molar-refractivity contribution is 7.10. The Balaban J connectivity index is 1.53. The van der Waals surface area contributed by atoms with Gasteiger partial charge in [-0.1, -0.05) is 81.4 Å². The van der Waals surface area contributed by atoms with E-state index in [1.165, 1.54) is 16.0 Å². The van der Waals surface area contributed by atoms with Crippen LogP contribution in [0.15, 0.2) is 78.7 Å². The van der Waals surface area contributed by atoms with Crippen LogP contribution in [0.3, 0.4) is 0 Å². The van der Waals surface area contributed by atoms with Crippen LogP contribution in [-0.4, -0.2) is 41.2 Å². The van der Waals surface area contributed by atoms with Crippen molar-refractivity contribution in [2.45, 2.75) is 51.5 Å². The van der Waals surface area contributed by atoms with E-state index in [0.717, 1.165) is 17.5 Å². The summed E-state index contributed by atoms with van der Waals surface area (Å²) in [4.78, 5) is 31.7. The number of amides is 2. The summed E-state index contributed by atoms with van der Waals surface area (Å²) in [6.45, 7) is 11.5. The molecule has 1 aliphatic heterocycles. The van der Waals surface area contributed by atoms with Gasteiger partial charge in [-0.05, 0) is 52.0 Å². The average molecular weight is 501 g/mol. The minimum absolute atomic E-state index is 0.0216. The SMILES string of the molecule is C=CCN(CC(=O)N1CCc2sccc2C1c1ccc(C(C)(C)C)cc1)C(=O)CCc1ccccc1. The Hall–Kier alpha value is -3.18. The van der Waals surface area contributed by atoms with E-state index in [-0.39, 0.29) is 29.8 Å². The lowest BCUT2D eigenvalue weighted by Gasteiger charge is -2.37. The normalized spacial score (nSPS) is 15.3. The molecule has 0 spiro atoms. The van der Waals surface area contributed by atoms with Crippen LogP contribution in [0, 0.1) is 0 Å². The molecule has 4 nitrogen and oxygen atoms in total. The molecule has 1 aliphatic rings. The van der Waals surface area contributed by atoms with Crippen LogP contribution < -0.4 is 0 Å². The number of benzene rings is 2. The second kappa shape index (κ2) is 11.3. The number of nitrogens with zero attached hydrogens (tertiary/aromatic N) is 2. The van der Waals surface area contributed by atoms with Crippen LogP contribution in [0.5, 0.6) is 0 Å². The van der Waals surface area contributed by atoms with Gasteiger partial charge in [-0.15, -0.1) is 17.9 Å². The van der Waals surface area contributed by atoms with Gasteiger partial charge in [-0.3, -0.25) is 9.59 Å². The quantitative estimate of drug-likeness (QED) is 0.347. The van der Waals surface area contributed by atoms with Crippen LogP contribution in [-0.2, 0) is 27.8 Å². The maximum Gasteiger partial charge on any atom is 0.243 e. The predicted octanol–water partition coefficient (Wildman–Crippen LogP) is 6.17. The summed E-state index contributed by atoms with van der Waals surface area (Å²) in [6, 6.07) is 20.7. The fourth-order valence-electron chi connectivity index (χ4n) is 4.83. The van der Waals surface area contributed by atoms with E-state index < -0.39 is 0 Å². The molecule has 0 radical (unpaired) electrons. The number of fused-ring (bicyclic) bond motifs is 1. The van der Waals surface area contributed by atoms with E-state index in [4.69, 9.17) is 0 Å². The Morgan fingerprint density at radius 2 is 1.81 bits per heavy atom. The summed E-state index contributed by atoms with van der Waals surface area (Å²) in [5.74, 6) is -0.0434. The van der Waals surface area contributed by atoms with Crippen molar-refractivity contribution in [3.63, 3.8) is 0 Å². The van der Waals surface area contributed by atoms with Crippen molar-refractivity contribution >= 4 is 23.2 Å². The fourth-order valence-corrected chi connectivity index (χ4v) is 5.73. The topological polar surface area (TPSA) is 40.6 Å². The van der Waals surface area contributed by atoms with Crippen LogP contribution in [0.2, 0.25) is 0 Å². The Bertz CT molecular complexity index is 1190. The van der Waals surface area contributed by atoms with Gasteiger partial charge in [0, 0.05) is 24.4 Å². The van der Waals surface area contributed by atoms with Gasteiger partial charge in [-0.2, -0.15) is 0 Å². The zero-order chi connectivity index (χ0) is 25.7. The van der Waals surface area contributed by atoms with Crippen molar-refractivity contribution < 1.29 is 9.59 Å². The largest absolute Gasteiger partial charge is 0.330 e. The minimum atomic E-state index is -0.133. The number of hydrogen-bond donors (Lipinski definition) is 0. The lowest BCUT2D eigenvalue weighted by molar-refractivity contribution is -0.141. The van der Waals surface area contributed by atoms with E-state index in [1.807, 2.05) is 35.2 Å². The standard InChI is InChI=1S/C31H36N2O2S/c1-5-19-32(28(34)16-11-23-9-7-6-8-10-23)22-29(35)33-20-17-27-26(18-21-36-27)30(33)24-12-14-25(15-13-24)31(2,3)4/h5-10,12-15,18,21,30H,1,11,16-17,19-20,22H2,2-4H3. The highest BCUT2D eigenvalue weighted by atomic mass is 32.1. The van der Waals surface area contributed by atoms with Crippen molar-refractivity contribution in [1.82, 2.24) is 9.80 Å². The molecule has 2 amide bonds. The monoisotopic (exact) mass is 500 g/mol. The molecule has 1 unspecified atom stereocenters. The molecule has 1 aromatic heterocycles. The number of rotatable bonds is 8. The molecule has 0 saturated heterocycles. The third kappa shape index (κ3) is 5.96. The first-order valence-electron chi connectivity index (χ1n) is 12.7. The highest BCUT2D eigenvalue weighted by Crippen LogP contribution is 2.38. The van der Waals surface area contributed by atoms with Gasteiger partial charge in [0.15, 0.2) is 0 Å². The number of hydrogen-bond acceptors (Lipinski definition) is 3. The summed E-state index contributed by atoms with van der Waals surface area (Å²) < 4.78 is 0. The Kier molecular flexibility index (Phi) is 8.10. The number of aryl methyl sites for hydroxylation is 1. The van der Waals surface area contributed by atoms with E-state index in [2.05, 4.69) is 63.1 Å². The molecule has 36 heavy (non-hydrogen) atoms. The molecule has 2 heterocycles. The molecular formula is C31H36N2O2S. The molecule has 0 N–H and O–H groups in total. The molecule has 2 aromatic carbocycles. The van der Waals surface area contributed by atoms with Gasteiger partial charge in [0.2, 0.25) is 11.8 Å². The summed E-state index contributed by atoms with van der Waals surface area (Å²) in [6.07, 6.45) is 3.58. The second-order valence-electron chi connectivity index (χ2n) is 10.5. The van der Waals surface area contributed by atoms with Gasteiger partial charge >= 0.3 is 0 Å². The summed E-state index contributed by atoms with van der Waals surface area (Å²) in [7, 11) is 0. The maximum atomic E-state index is 13.7. The first-order chi connectivity index (χ1) is 17.3. The van der Waals surface area contributed by atoms with Crippen molar-refractivity contribution in [3.05, 3.63) is 106 Å². The second-order valence-corrected chi connectivity index (χ2v) is 11.5. The smallest absolute Gasteiger partial charge is 0.243 e. The first kappa shape index (κ1) is 25.9. The molecule has 0 saturated carbocycles. The number of carbonyl (C=O) groups is 2.